The zero-order valence-corrected chi connectivity index (χ0v) is 42.6. The average molecular weight is 1000 g/mol. The molecule has 0 spiro atoms. The van der Waals surface area contributed by atoms with Crippen LogP contribution in [0.25, 0.3) is 105 Å². The minimum Gasteiger partial charge on any atom is -0.456 e. The Morgan fingerprint density at radius 1 is 0.346 bits per heavy atom. The lowest BCUT2D eigenvalue weighted by molar-refractivity contribution is 0.661. The van der Waals surface area contributed by atoms with Gasteiger partial charge in [0.1, 0.15) is 33.5 Å². The summed E-state index contributed by atoms with van der Waals surface area (Å²) in [5.41, 5.74) is 19.2. The molecule has 0 aliphatic rings. The SMILES string of the molecule is C=C/C=C(\C=C/CN(c1ccc(-c2ccccc2)cc1)c1ccc2c(c1)oc1cc3c(cc12)oc1ccc2oc4cc(N(c5ccc(-c6ccccc6)cc5)c5ccc(-c6ccccc6)cc5)ccc4c2c13)c1ccccc1. The van der Waals surface area contributed by atoms with E-state index in [0.29, 0.717) is 6.54 Å². The molecule has 14 rings (SSSR count). The fourth-order valence-corrected chi connectivity index (χ4v) is 11.1. The number of anilines is 5. The summed E-state index contributed by atoms with van der Waals surface area (Å²) in [6, 6.07) is 89.6. The monoisotopic (exact) mass is 1000 g/mol. The van der Waals surface area contributed by atoms with Gasteiger partial charge in [0.2, 0.25) is 0 Å². The van der Waals surface area contributed by atoms with E-state index in [1.54, 1.807) is 0 Å². The quantitative estimate of drug-likeness (QED) is 0.108. The van der Waals surface area contributed by atoms with E-state index in [0.717, 1.165) is 117 Å². The van der Waals surface area contributed by atoms with Gasteiger partial charge in [-0.1, -0.05) is 189 Å². The second kappa shape index (κ2) is 19.7. The molecule has 3 aromatic heterocycles. The summed E-state index contributed by atoms with van der Waals surface area (Å²) in [5, 5.41) is 6.01. The normalized spacial score (nSPS) is 12.0. The van der Waals surface area contributed by atoms with Gasteiger partial charge < -0.3 is 23.1 Å². The van der Waals surface area contributed by atoms with Crippen molar-refractivity contribution in [2.75, 3.05) is 16.3 Å². The first kappa shape index (κ1) is 46.2. The zero-order chi connectivity index (χ0) is 51.9. The predicted octanol–water partition coefficient (Wildman–Crippen LogP) is 20.8. The molecule has 0 N–H and O–H groups in total. The number of rotatable bonds is 13. The van der Waals surface area contributed by atoms with Crippen molar-refractivity contribution in [2.45, 2.75) is 0 Å². The number of benzene rings is 11. The first-order valence-corrected chi connectivity index (χ1v) is 26.4. The van der Waals surface area contributed by atoms with Crippen molar-refractivity contribution in [3.05, 3.63) is 291 Å². The maximum absolute atomic E-state index is 6.85. The fraction of sp³-hybridized carbons (Fsp3) is 0.0137. The van der Waals surface area contributed by atoms with Gasteiger partial charge in [-0.15, -0.1) is 0 Å². The van der Waals surface area contributed by atoms with Gasteiger partial charge >= 0.3 is 0 Å². The molecule has 3 heterocycles. The molecular weight excluding hydrogens is 953 g/mol. The van der Waals surface area contributed by atoms with E-state index in [2.05, 4.69) is 265 Å². The van der Waals surface area contributed by atoms with Gasteiger partial charge in [0.15, 0.2) is 0 Å². The molecule has 0 amide bonds. The Bertz CT molecular complexity index is 4470. The van der Waals surface area contributed by atoms with E-state index in [-0.39, 0.29) is 0 Å². The van der Waals surface area contributed by atoms with E-state index >= 15 is 0 Å². The largest absolute Gasteiger partial charge is 0.456 e. The number of hydrogen-bond donors (Lipinski definition) is 0. The van der Waals surface area contributed by atoms with Crippen LogP contribution >= 0.6 is 0 Å². The van der Waals surface area contributed by atoms with Crippen LogP contribution in [0.15, 0.2) is 299 Å². The Morgan fingerprint density at radius 3 is 1.32 bits per heavy atom. The minimum atomic E-state index is 0.620. The molecule has 11 aromatic carbocycles. The first-order chi connectivity index (χ1) is 38.6. The molecular formula is C73H50N2O3. The summed E-state index contributed by atoms with van der Waals surface area (Å²) >= 11 is 0. The van der Waals surface area contributed by atoms with Gasteiger partial charge in [-0.05, 0) is 129 Å². The van der Waals surface area contributed by atoms with E-state index in [4.69, 9.17) is 13.3 Å². The van der Waals surface area contributed by atoms with Crippen molar-refractivity contribution in [1.29, 1.82) is 0 Å². The van der Waals surface area contributed by atoms with Crippen LogP contribution in [0.4, 0.5) is 28.4 Å². The van der Waals surface area contributed by atoms with Crippen molar-refractivity contribution in [3.63, 3.8) is 0 Å². The number of fused-ring (bicyclic) bond motifs is 10. The third kappa shape index (κ3) is 8.50. The highest BCUT2D eigenvalue weighted by Gasteiger charge is 2.22. The molecule has 0 unspecified atom stereocenters. The van der Waals surface area contributed by atoms with Gasteiger partial charge in [-0.3, -0.25) is 0 Å². The summed E-state index contributed by atoms with van der Waals surface area (Å²) in [7, 11) is 0. The highest BCUT2D eigenvalue weighted by molar-refractivity contribution is 6.27. The lowest BCUT2D eigenvalue weighted by Gasteiger charge is -2.26. The third-order valence-electron chi connectivity index (χ3n) is 14.9. The van der Waals surface area contributed by atoms with Crippen molar-refractivity contribution in [3.8, 4) is 33.4 Å². The zero-order valence-electron chi connectivity index (χ0n) is 42.6. The molecule has 0 bridgehead atoms. The Labute approximate surface area is 451 Å². The summed E-state index contributed by atoms with van der Waals surface area (Å²) in [6.45, 7) is 4.62. The van der Waals surface area contributed by atoms with Crippen LogP contribution in [-0.2, 0) is 0 Å². The molecule has 78 heavy (non-hydrogen) atoms. The van der Waals surface area contributed by atoms with Gasteiger partial charge in [0, 0.05) is 79.4 Å². The van der Waals surface area contributed by atoms with Crippen LogP contribution in [0, 0.1) is 0 Å². The molecule has 0 fully saturated rings. The average Bonchev–Trinajstić information content (AvgIpc) is 4.34. The van der Waals surface area contributed by atoms with E-state index in [1.165, 1.54) is 22.3 Å². The number of furan rings is 3. The summed E-state index contributed by atoms with van der Waals surface area (Å²) in [6.07, 6.45) is 8.27. The highest BCUT2D eigenvalue weighted by Crippen LogP contribution is 2.45. The predicted molar refractivity (Wildman–Crippen MR) is 326 cm³/mol. The fourth-order valence-electron chi connectivity index (χ4n) is 11.1. The Kier molecular flexibility index (Phi) is 11.7. The van der Waals surface area contributed by atoms with E-state index in [1.807, 2.05) is 30.3 Å². The Balaban J connectivity index is 0.840. The lowest BCUT2D eigenvalue weighted by Crippen LogP contribution is -2.16. The van der Waals surface area contributed by atoms with Crippen LogP contribution in [0.3, 0.4) is 0 Å². The van der Waals surface area contributed by atoms with Gasteiger partial charge in [-0.2, -0.15) is 0 Å². The summed E-state index contributed by atoms with van der Waals surface area (Å²) in [4.78, 5) is 4.62. The molecule has 14 aromatic rings. The van der Waals surface area contributed by atoms with Crippen LogP contribution in [0.5, 0.6) is 0 Å². The molecule has 0 aliphatic heterocycles. The molecule has 0 atom stereocenters. The summed E-state index contributed by atoms with van der Waals surface area (Å²) < 4.78 is 20.4. The van der Waals surface area contributed by atoms with Gasteiger partial charge in [-0.25, -0.2) is 0 Å². The molecule has 0 aliphatic carbocycles. The third-order valence-corrected chi connectivity index (χ3v) is 14.9. The molecule has 370 valence electrons. The van der Waals surface area contributed by atoms with Crippen molar-refractivity contribution in [1.82, 2.24) is 0 Å². The second-order valence-electron chi connectivity index (χ2n) is 19.6. The van der Waals surface area contributed by atoms with Crippen LogP contribution < -0.4 is 9.80 Å². The van der Waals surface area contributed by atoms with Crippen molar-refractivity contribution >= 4 is 99.8 Å². The second-order valence-corrected chi connectivity index (χ2v) is 19.6. The standard InChI is InChI=1S/C73H50N2O3/c1-2-16-49(50-17-7-3-8-18-50)25-15-44-74(57-32-26-54(27-33-57)51-19-9-4-10-20-51)60-38-40-62-64-47-71-65(48-70(64)78-68(62)45-60)73-67(77-71)43-42-66-72(73)63-41-39-61(46-69(63)76-66)75(58-34-28-55(29-35-58)52-21-11-5-12-22-52)59-36-30-56(31-37-59)53-23-13-6-14-24-53/h2-43,45-48H,1,44H2/b25-15-,49-16+. The number of allylic oxidation sites excluding steroid dienone is 4. The summed E-state index contributed by atoms with van der Waals surface area (Å²) in [5.74, 6) is 0. The Hall–Kier alpha value is -10.4. The molecule has 5 nitrogen and oxygen atoms in total. The van der Waals surface area contributed by atoms with Crippen LogP contribution in [0.1, 0.15) is 5.56 Å². The van der Waals surface area contributed by atoms with Crippen molar-refractivity contribution < 1.29 is 13.3 Å². The molecule has 0 saturated carbocycles. The van der Waals surface area contributed by atoms with Gasteiger partial charge in [0.25, 0.3) is 0 Å². The molecule has 0 radical (unpaired) electrons. The molecule has 5 heteroatoms. The van der Waals surface area contributed by atoms with E-state index < -0.39 is 0 Å². The van der Waals surface area contributed by atoms with Gasteiger partial charge in [0.05, 0.1) is 0 Å². The lowest BCUT2D eigenvalue weighted by atomic mass is 10.0. The van der Waals surface area contributed by atoms with Crippen LogP contribution in [0.2, 0.25) is 0 Å². The van der Waals surface area contributed by atoms with E-state index in [9.17, 15) is 0 Å². The topological polar surface area (TPSA) is 45.9 Å². The van der Waals surface area contributed by atoms with Crippen molar-refractivity contribution in [2.24, 2.45) is 0 Å². The first-order valence-electron chi connectivity index (χ1n) is 26.4. The smallest absolute Gasteiger partial charge is 0.137 e. The number of nitrogens with zero attached hydrogens (tertiary/aromatic N) is 2. The maximum atomic E-state index is 6.85. The minimum absolute atomic E-state index is 0.620. The number of hydrogen-bond acceptors (Lipinski definition) is 5. The highest BCUT2D eigenvalue weighted by atomic mass is 16.3. The molecule has 0 saturated heterocycles. The maximum Gasteiger partial charge on any atom is 0.137 e. The van der Waals surface area contributed by atoms with Crippen LogP contribution in [-0.4, -0.2) is 6.54 Å². The Morgan fingerprint density at radius 2 is 0.756 bits per heavy atom.